The molecule has 2 aromatic rings. The number of hydrogen-bond acceptors (Lipinski definition) is 6. The number of rotatable bonds is 6. The Kier molecular flexibility index (Phi) is 5.25. The first-order valence-electron chi connectivity index (χ1n) is 7.56. The van der Waals surface area contributed by atoms with Crippen LogP contribution >= 0.6 is 22.9 Å². The summed E-state index contributed by atoms with van der Waals surface area (Å²) in [5.41, 5.74) is 1.41. The summed E-state index contributed by atoms with van der Waals surface area (Å²) in [4.78, 5) is 21.6. The molecule has 2 heterocycles. The highest BCUT2D eigenvalue weighted by molar-refractivity contribution is 7.12. The van der Waals surface area contributed by atoms with Crippen LogP contribution in [0.3, 0.4) is 0 Å². The molecule has 23 heavy (non-hydrogen) atoms. The molecule has 122 valence electrons. The lowest BCUT2D eigenvalue weighted by Crippen LogP contribution is -2.19. The number of thiophene rings is 1. The van der Waals surface area contributed by atoms with Gasteiger partial charge >= 0.3 is 0 Å². The average molecular weight is 352 g/mol. The van der Waals surface area contributed by atoms with Crippen LogP contribution in [0.15, 0.2) is 24.0 Å². The second-order valence-corrected chi connectivity index (χ2v) is 6.95. The normalized spacial score (nSPS) is 20.6. The van der Waals surface area contributed by atoms with E-state index in [1.807, 2.05) is 11.4 Å². The highest BCUT2D eigenvalue weighted by atomic mass is 35.5. The van der Waals surface area contributed by atoms with Crippen molar-refractivity contribution in [3.8, 4) is 0 Å². The molecule has 0 radical (unpaired) electrons. The van der Waals surface area contributed by atoms with Gasteiger partial charge in [0.25, 0.3) is 0 Å². The third-order valence-corrected chi connectivity index (χ3v) is 5.42. The minimum Gasteiger partial charge on any atom is -0.396 e. The van der Waals surface area contributed by atoms with Crippen LogP contribution in [0.2, 0.25) is 0 Å². The van der Waals surface area contributed by atoms with Crippen molar-refractivity contribution in [2.45, 2.75) is 31.2 Å². The topological polar surface area (TPSA) is 75.1 Å². The maximum atomic E-state index is 12.7. The van der Waals surface area contributed by atoms with Crippen molar-refractivity contribution < 1.29 is 9.90 Å². The van der Waals surface area contributed by atoms with Gasteiger partial charge in [-0.3, -0.25) is 4.79 Å². The van der Waals surface area contributed by atoms with Gasteiger partial charge in [0.15, 0.2) is 0 Å². The lowest BCUT2D eigenvalue weighted by molar-refractivity contribution is 0.104. The largest absolute Gasteiger partial charge is 0.396 e. The maximum Gasteiger partial charge on any atom is 0.208 e. The summed E-state index contributed by atoms with van der Waals surface area (Å²) in [7, 11) is 0. The van der Waals surface area contributed by atoms with Crippen molar-refractivity contribution in [2.24, 2.45) is 5.92 Å². The molecule has 2 N–H and O–H groups in total. The fourth-order valence-corrected chi connectivity index (χ4v) is 3.99. The summed E-state index contributed by atoms with van der Waals surface area (Å²) in [5, 5.41) is 14.5. The molecule has 1 saturated carbocycles. The molecule has 0 aliphatic heterocycles. The van der Waals surface area contributed by atoms with E-state index >= 15 is 0 Å². The number of carbonyl (C=O) groups excluding carboxylic acids is 1. The van der Waals surface area contributed by atoms with Crippen LogP contribution in [0.4, 0.5) is 5.82 Å². The maximum absolute atomic E-state index is 12.7. The van der Waals surface area contributed by atoms with E-state index in [1.54, 1.807) is 6.20 Å². The first-order valence-corrected chi connectivity index (χ1v) is 8.98. The van der Waals surface area contributed by atoms with Gasteiger partial charge in [-0.05, 0) is 42.2 Å². The van der Waals surface area contributed by atoms with Crippen LogP contribution in [0, 0.1) is 5.92 Å². The lowest BCUT2D eigenvalue weighted by Gasteiger charge is -2.15. The van der Waals surface area contributed by atoms with Crippen LogP contribution in [0.5, 0.6) is 0 Å². The molecule has 1 aliphatic rings. The molecule has 1 fully saturated rings. The number of aromatic nitrogens is 2. The summed E-state index contributed by atoms with van der Waals surface area (Å²) in [6.07, 6.45) is 5.85. The van der Waals surface area contributed by atoms with E-state index in [9.17, 15) is 9.90 Å². The molecule has 1 aliphatic carbocycles. The molecule has 5 nitrogen and oxygen atoms in total. The summed E-state index contributed by atoms with van der Waals surface area (Å²) in [6, 6.07) is 2.05. The number of nitrogens with one attached hydrogen (secondary N) is 1. The van der Waals surface area contributed by atoms with E-state index in [2.05, 4.69) is 15.3 Å². The van der Waals surface area contributed by atoms with Crippen LogP contribution in [-0.4, -0.2) is 33.5 Å². The Morgan fingerprint density at radius 3 is 3.04 bits per heavy atom. The second kappa shape index (κ2) is 7.38. The molecule has 3 rings (SSSR count). The highest BCUT2D eigenvalue weighted by Gasteiger charge is 2.26. The molecule has 2 atom stereocenters. The number of ketones is 1. The van der Waals surface area contributed by atoms with Gasteiger partial charge in [-0.15, -0.1) is 22.9 Å². The molecule has 0 bridgehead atoms. The van der Waals surface area contributed by atoms with Crippen molar-refractivity contribution in [1.29, 1.82) is 0 Å². The van der Waals surface area contributed by atoms with E-state index in [4.69, 9.17) is 11.6 Å². The van der Waals surface area contributed by atoms with E-state index in [0.29, 0.717) is 28.1 Å². The van der Waals surface area contributed by atoms with E-state index in [0.717, 1.165) is 24.8 Å². The molecular weight excluding hydrogens is 334 g/mol. The number of carbonyl (C=O) groups is 1. The van der Waals surface area contributed by atoms with Crippen molar-refractivity contribution in [2.75, 3.05) is 11.9 Å². The second-order valence-electron chi connectivity index (χ2n) is 5.77. The van der Waals surface area contributed by atoms with Gasteiger partial charge in [-0.25, -0.2) is 9.97 Å². The zero-order valence-corrected chi connectivity index (χ0v) is 14.1. The van der Waals surface area contributed by atoms with Crippen molar-refractivity contribution in [3.63, 3.8) is 0 Å². The number of hydrogen-bond donors (Lipinski definition) is 2. The minimum atomic E-state index is -0.0915. The van der Waals surface area contributed by atoms with Gasteiger partial charge in [0.2, 0.25) is 5.78 Å². The molecule has 0 spiro atoms. The number of alkyl halides is 1. The van der Waals surface area contributed by atoms with Crippen molar-refractivity contribution in [1.82, 2.24) is 9.97 Å². The average Bonchev–Trinajstić information content (AvgIpc) is 3.23. The standard InChI is InChI=1S/C16H18ClN3O2S/c17-5-11-4-14(23-8-11)15(22)13-6-18-9-19-16(13)20-12-2-1-10(3-12)7-21/h4,6,8-10,12,21H,1-3,5,7H2,(H,18,19,20). The Labute approximate surface area is 143 Å². The molecule has 0 aromatic carbocycles. The van der Waals surface area contributed by atoms with Crippen molar-refractivity contribution >= 4 is 34.5 Å². The molecule has 2 unspecified atom stereocenters. The van der Waals surface area contributed by atoms with Gasteiger partial charge in [0.05, 0.1) is 10.4 Å². The zero-order valence-electron chi connectivity index (χ0n) is 12.5. The number of aliphatic hydroxyl groups is 1. The first-order chi connectivity index (χ1) is 11.2. The molecule has 7 heteroatoms. The van der Waals surface area contributed by atoms with Crippen LogP contribution < -0.4 is 5.32 Å². The smallest absolute Gasteiger partial charge is 0.208 e. The third kappa shape index (κ3) is 3.71. The van der Waals surface area contributed by atoms with E-state index < -0.39 is 0 Å². The van der Waals surface area contributed by atoms with Gasteiger partial charge in [0.1, 0.15) is 12.1 Å². The SMILES string of the molecule is O=C(c1cc(CCl)cs1)c1cncnc1NC1CCC(CO)C1. The van der Waals surface area contributed by atoms with Gasteiger partial charge in [-0.1, -0.05) is 0 Å². The predicted molar refractivity (Wildman–Crippen MR) is 91.2 cm³/mol. The third-order valence-electron chi connectivity index (χ3n) is 4.13. The Morgan fingerprint density at radius 1 is 1.48 bits per heavy atom. The number of aliphatic hydroxyl groups excluding tert-OH is 1. The van der Waals surface area contributed by atoms with Gasteiger partial charge < -0.3 is 10.4 Å². The summed E-state index contributed by atoms with van der Waals surface area (Å²) >= 11 is 7.18. The molecule has 0 amide bonds. The molecular formula is C16H18ClN3O2S. The van der Waals surface area contributed by atoms with Crippen molar-refractivity contribution in [3.05, 3.63) is 40.0 Å². The van der Waals surface area contributed by atoms with Gasteiger partial charge in [0, 0.05) is 24.7 Å². The molecule has 2 aromatic heterocycles. The number of halogens is 1. The fourth-order valence-electron chi connectivity index (χ4n) is 2.87. The number of anilines is 1. The quantitative estimate of drug-likeness (QED) is 0.618. The zero-order chi connectivity index (χ0) is 16.2. The highest BCUT2D eigenvalue weighted by Crippen LogP contribution is 2.29. The number of nitrogens with zero attached hydrogens (tertiary/aromatic N) is 2. The van der Waals surface area contributed by atoms with Gasteiger partial charge in [-0.2, -0.15) is 0 Å². The van der Waals surface area contributed by atoms with Crippen LogP contribution in [-0.2, 0) is 5.88 Å². The summed E-state index contributed by atoms with van der Waals surface area (Å²) in [6.45, 7) is 0.212. The Bertz CT molecular complexity index is 691. The van der Waals surface area contributed by atoms with E-state index in [1.165, 1.54) is 17.7 Å². The van der Waals surface area contributed by atoms with E-state index in [-0.39, 0.29) is 18.4 Å². The Morgan fingerprint density at radius 2 is 2.35 bits per heavy atom. The van der Waals surface area contributed by atoms with Crippen LogP contribution in [0.25, 0.3) is 0 Å². The monoisotopic (exact) mass is 351 g/mol. The predicted octanol–water partition coefficient (Wildman–Crippen LogP) is 3.08. The Balaban J connectivity index is 1.79. The van der Waals surface area contributed by atoms with Crippen LogP contribution in [0.1, 0.15) is 40.1 Å². The lowest BCUT2D eigenvalue weighted by atomic mass is 10.1. The summed E-state index contributed by atoms with van der Waals surface area (Å²) in [5.74, 6) is 1.20. The fraction of sp³-hybridized carbons (Fsp3) is 0.438. The summed E-state index contributed by atoms with van der Waals surface area (Å²) < 4.78 is 0. The molecule has 0 saturated heterocycles. The Hall–Kier alpha value is -1.50. The minimum absolute atomic E-state index is 0.0915. The first kappa shape index (κ1) is 16.4.